The molecule has 0 heterocycles. The molecule has 5 nitrogen and oxygen atoms in total. The molecule has 0 saturated carbocycles. The molecule has 0 bridgehead atoms. The van der Waals surface area contributed by atoms with E-state index in [9.17, 15) is 13.2 Å². The van der Waals surface area contributed by atoms with Crippen molar-refractivity contribution in [2.75, 3.05) is 23.1 Å². The van der Waals surface area contributed by atoms with E-state index in [0.717, 1.165) is 23.3 Å². The van der Waals surface area contributed by atoms with Crippen molar-refractivity contribution in [2.24, 2.45) is 0 Å². The molecule has 3 aromatic carbocycles. The highest BCUT2D eigenvalue weighted by Gasteiger charge is 2.28. The highest BCUT2D eigenvalue weighted by atomic mass is 32.2. The highest BCUT2D eigenvalue weighted by Crippen LogP contribution is 2.27. The van der Waals surface area contributed by atoms with Crippen LogP contribution in [0.5, 0.6) is 0 Å². The van der Waals surface area contributed by atoms with E-state index in [1.807, 2.05) is 44.2 Å². The van der Waals surface area contributed by atoms with Crippen LogP contribution in [0.15, 0.2) is 88.7 Å². The minimum absolute atomic E-state index is 0.159. The average Bonchev–Trinajstić information content (AvgIpc) is 2.79. The second-order valence-corrected chi connectivity index (χ2v) is 10.5. The van der Waals surface area contributed by atoms with Gasteiger partial charge >= 0.3 is 0 Å². The van der Waals surface area contributed by atoms with Crippen molar-refractivity contribution in [1.82, 2.24) is 5.32 Å². The van der Waals surface area contributed by atoms with Gasteiger partial charge in [0.05, 0.1) is 10.6 Å². The van der Waals surface area contributed by atoms with Crippen LogP contribution in [-0.2, 0) is 14.8 Å². The Labute approximate surface area is 194 Å². The largest absolute Gasteiger partial charge is 0.354 e. The first-order valence-electron chi connectivity index (χ1n) is 10.5. The van der Waals surface area contributed by atoms with Gasteiger partial charge in [0.2, 0.25) is 5.91 Å². The van der Waals surface area contributed by atoms with Gasteiger partial charge in [0.25, 0.3) is 10.0 Å². The van der Waals surface area contributed by atoms with Crippen LogP contribution in [0.3, 0.4) is 0 Å². The summed E-state index contributed by atoms with van der Waals surface area (Å²) in [6.45, 7) is 4.03. The van der Waals surface area contributed by atoms with Crippen LogP contribution in [0.1, 0.15) is 17.5 Å². The van der Waals surface area contributed by atoms with Crippen LogP contribution in [0, 0.1) is 13.8 Å². The van der Waals surface area contributed by atoms with Gasteiger partial charge in [-0.15, -0.1) is 11.8 Å². The molecule has 168 valence electrons. The number of hydrogen-bond acceptors (Lipinski definition) is 4. The molecule has 1 N–H and O–H groups in total. The van der Waals surface area contributed by atoms with Crippen molar-refractivity contribution in [3.8, 4) is 0 Å². The molecule has 3 aromatic rings. The number of nitrogens with zero attached hydrogens (tertiary/aromatic N) is 1. The van der Waals surface area contributed by atoms with Gasteiger partial charge in [-0.2, -0.15) is 0 Å². The van der Waals surface area contributed by atoms with Crippen molar-refractivity contribution < 1.29 is 13.2 Å². The van der Waals surface area contributed by atoms with Gasteiger partial charge in [-0.3, -0.25) is 9.10 Å². The first-order valence-corrected chi connectivity index (χ1v) is 12.9. The number of benzene rings is 3. The van der Waals surface area contributed by atoms with Crippen molar-refractivity contribution in [1.29, 1.82) is 0 Å². The molecule has 0 saturated heterocycles. The standard InChI is InChI=1S/C25H28N2O3S2/c1-20-14-15-24(21(2)18-20)27(32(29,30)23-12-7-4-8-13-23)19-25(28)26-16-9-17-31-22-10-5-3-6-11-22/h3-8,10-15,18H,9,16-17,19H2,1-2H3,(H,26,28). The van der Waals surface area contributed by atoms with Gasteiger partial charge in [-0.1, -0.05) is 54.1 Å². The second-order valence-electron chi connectivity index (χ2n) is 7.48. The first-order chi connectivity index (χ1) is 15.4. The maximum absolute atomic E-state index is 13.4. The number of carbonyl (C=O) groups excluding carboxylic acids is 1. The summed E-state index contributed by atoms with van der Waals surface area (Å²) in [6, 6.07) is 23.8. The van der Waals surface area contributed by atoms with Crippen LogP contribution in [-0.4, -0.2) is 33.2 Å². The van der Waals surface area contributed by atoms with E-state index in [1.165, 1.54) is 9.20 Å². The maximum Gasteiger partial charge on any atom is 0.264 e. The van der Waals surface area contributed by atoms with E-state index >= 15 is 0 Å². The normalized spacial score (nSPS) is 11.2. The molecule has 0 aliphatic rings. The Morgan fingerprint density at radius 3 is 2.25 bits per heavy atom. The van der Waals surface area contributed by atoms with Gasteiger partial charge in [0, 0.05) is 11.4 Å². The minimum Gasteiger partial charge on any atom is -0.354 e. The summed E-state index contributed by atoms with van der Waals surface area (Å²) >= 11 is 1.73. The Bertz CT molecular complexity index is 1130. The van der Waals surface area contributed by atoms with Crippen molar-refractivity contribution in [3.63, 3.8) is 0 Å². The molecule has 3 rings (SSSR count). The lowest BCUT2D eigenvalue weighted by Crippen LogP contribution is -2.41. The molecule has 32 heavy (non-hydrogen) atoms. The van der Waals surface area contributed by atoms with Gasteiger partial charge in [0.1, 0.15) is 6.54 Å². The molecule has 0 atom stereocenters. The second kappa shape index (κ2) is 11.2. The number of thioether (sulfide) groups is 1. The van der Waals surface area contributed by atoms with Crippen LogP contribution in [0.2, 0.25) is 0 Å². The SMILES string of the molecule is Cc1ccc(N(CC(=O)NCCCSc2ccccc2)S(=O)(=O)c2ccccc2)c(C)c1. The monoisotopic (exact) mass is 468 g/mol. The Kier molecular flexibility index (Phi) is 8.36. The smallest absolute Gasteiger partial charge is 0.264 e. The Hall–Kier alpha value is -2.77. The summed E-state index contributed by atoms with van der Waals surface area (Å²) in [4.78, 5) is 14.0. The fourth-order valence-electron chi connectivity index (χ4n) is 3.30. The van der Waals surface area contributed by atoms with E-state index in [0.29, 0.717) is 12.2 Å². The number of amides is 1. The summed E-state index contributed by atoms with van der Waals surface area (Å²) in [5.41, 5.74) is 2.34. The number of carbonyl (C=O) groups is 1. The Morgan fingerprint density at radius 2 is 1.59 bits per heavy atom. The number of sulfonamides is 1. The molecule has 0 spiro atoms. The third-order valence-electron chi connectivity index (χ3n) is 4.89. The summed E-state index contributed by atoms with van der Waals surface area (Å²) < 4.78 is 28.0. The number of rotatable bonds is 10. The van der Waals surface area contributed by atoms with Gasteiger partial charge in [-0.05, 0) is 61.9 Å². The summed E-state index contributed by atoms with van der Waals surface area (Å²) in [5, 5.41) is 2.87. The Morgan fingerprint density at radius 1 is 0.938 bits per heavy atom. The number of aryl methyl sites for hydroxylation is 2. The molecule has 1 amide bonds. The van der Waals surface area contributed by atoms with Crippen molar-refractivity contribution in [3.05, 3.63) is 90.0 Å². The number of anilines is 1. The minimum atomic E-state index is -3.89. The fourth-order valence-corrected chi connectivity index (χ4v) is 5.68. The lowest BCUT2D eigenvalue weighted by molar-refractivity contribution is -0.119. The lowest BCUT2D eigenvalue weighted by atomic mass is 10.1. The highest BCUT2D eigenvalue weighted by molar-refractivity contribution is 7.99. The predicted octanol–water partition coefficient (Wildman–Crippen LogP) is 4.80. The van der Waals surface area contributed by atoms with Crippen LogP contribution >= 0.6 is 11.8 Å². The predicted molar refractivity (Wildman–Crippen MR) is 132 cm³/mol. The summed E-state index contributed by atoms with van der Waals surface area (Å²) in [6.07, 6.45) is 0.792. The van der Waals surface area contributed by atoms with Gasteiger partial charge in [-0.25, -0.2) is 8.42 Å². The summed E-state index contributed by atoms with van der Waals surface area (Å²) in [5.74, 6) is 0.544. The first kappa shape index (κ1) is 23.9. The van der Waals surface area contributed by atoms with E-state index in [4.69, 9.17) is 0 Å². The third-order valence-corrected chi connectivity index (χ3v) is 7.77. The third kappa shape index (κ3) is 6.37. The van der Waals surface area contributed by atoms with Crippen LogP contribution in [0.4, 0.5) is 5.69 Å². The zero-order valence-corrected chi connectivity index (χ0v) is 20.0. The van der Waals surface area contributed by atoms with Crippen molar-refractivity contribution in [2.45, 2.75) is 30.1 Å². The van der Waals surface area contributed by atoms with E-state index < -0.39 is 10.0 Å². The molecule has 0 aliphatic heterocycles. The molecule has 0 aromatic heterocycles. The quantitative estimate of drug-likeness (QED) is 0.343. The molecule has 0 unspecified atom stereocenters. The molecule has 7 heteroatoms. The lowest BCUT2D eigenvalue weighted by Gasteiger charge is -2.26. The number of hydrogen-bond donors (Lipinski definition) is 1. The van der Waals surface area contributed by atoms with Crippen molar-refractivity contribution >= 4 is 33.4 Å². The van der Waals surface area contributed by atoms with Crippen LogP contribution < -0.4 is 9.62 Å². The van der Waals surface area contributed by atoms with Gasteiger partial charge < -0.3 is 5.32 Å². The average molecular weight is 469 g/mol. The molecule has 0 aliphatic carbocycles. The van der Waals surface area contributed by atoms with Crippen LogP contribution in [0.25, 0.3) is 0 Å². The zero-order chi connectivity index (χ0) is 23.0. The molecule has 0 fully saturated rings. The van der Waals surface area contributed by atoms with Gasteiger partial charge in [0.15, 0.2) is 0 Å². The maximum atomic E-state index is 13.4. The number of nitrogens with one attached hydrogen (secondary N) is 1. The fraction of sp³-hybridized carbons (Fsp3) is 0.240. The van der Waals surface area contributed by atoms with E-state index in [2.05, 4.69) is 17.4 Å². The summed E-state index contributed by atoms with van der Waals surface area (Å²) in [7, 11) is -3.89. The van der Waals surface area contributed by atoms with E-state index in [-0.39, 0.29) is 17.3 Å². The molecule has 0 radical (unpaired) electrons. The van der Waals surface area contributed by atoms with E-state index in [1.54, 1.807) is 48.2 Å². The molecular formula is C25H28N2O3S2. The zero-order valence-electron chi connectivity index (χ0n) is 18.3. The topological polar surface area (TPSA) is 66.5 Å². The molecular weight excluding hydrogens is 440 g/mol. The Balaban J connectivity index is 1.68.